The van der Waals surface area contributed by atoms with Crippen LogP contribution in [0, 0.1) is 6.92 Å². The van der Waals surface area contributed by atoms with Crippen LogP contribution in [-0.4, -0.2) is 89.0 Å². The Morgan fingerprint density at radius 1 is 1.16 bits per heavy atom. The van der Waals surface area contributed by atoms with Crippen molar-refractivity contribution in [2.24, 2.45) is 0 Å². The molecule has 45 heavy (non-hydrogen) atoms. The zero-order chi connectivity index (χ0) is 32.6. The Bertz CT molecular complexity index is 1570. The Hall–Kier alpha value is -3.52. The maximum atomic E-state index is 14.2. The minimum absolute atomic E-state index is 0.000474. The largest absolute Gasteiger partial charge is 0.462 e. The summed E-state index contributed by atoms with van der Waals surface area (Å²) in [7, 11) is 2.00. The Balaban J connectivity index is 1.57. The molecule has 2 aromatic heterocycles. The molecule has 0 unspecified atom stereocenters. The molecule has 244 valence electrons. The molecule has 0 radical (unpaired) electrons. The van der Waals surface area contributed by atoms with Crippen molar-refractivity contribution >= 4 is 40.0 Å². The molecule has 2 fully saturated rings. The number of carbonyl (C=O) groups is 1. The molecule has 0 aliphatic carbocycles. The molecule has 1 aromatic carbocycles. The van der Waals surface area contributed by atoms with Gasteiger partial charge in [0, 0.05) is 55.5 Å². The van der Waals surface area contributed by atoms with Crippen LogP contribution in [-0.2, 0) is 11.0 Å². The average Bonchev–Trinajstić information content (AvgIpc) is 3.37. The van der Waals surface area contributed by atoms with Crippen molar-refractivity contribution in [3.05, 3.63) is 34.3 Å². The number of piperazine rings is 1. The fourth-order valence-electron chi connectivity index (χ4n) is 6.08. The van der Waals surface area contributed by atoms with Crippen molar-refractivity contribution in [1.29, 1.82) is 0 Å². The first-order valence-corrected chi connectivity index (χ1v) is 15.1. The van der Waals surface area contributed by atoms with Gasteiger partial charge in [0.1, 0.15) is 18.2 Å². The molecular formula is C30H35ClF5N7O2. The molecular weight excluding hydrogens is 621 g/mol. The third-order valence-electron chi connectivity index (χ3n) is 8.42. The molecule has 1 amide bonds. The van der Waals surface area contributed by atoms with Crippen LogP contribution in [0.5, 0.6) is 6.01 Å². The molecule has 3 aromatic rings. The quantitative estimate of drug-likeness (QED) is 0.304. The van der Waals surface area contributed by atoms with Gasteiger partial charge < -0.3 is 25.2 Å². The summed E-state index contributed by atoms with van der Waals surface area (Å²) in [6.07, 6.45) is -6.06. The van der Waals surface area contributed by atoms with Gasteiger partial charge in [0.05, 0.1) is 21.8 Å². The van der Waals surface area contributed by atoms with Gasteiger partial charge in [0.2, 0.25) is 12.3 Å². The van der Waals surface area contributed by atoms with E-state index in [0.717, 1.165) is 25.5 Å². The standard InChI is InChI=1S/C30H35ClF5N7O2/c1-16-11-24(37)39-27(26(16)30(34,35)36)19-13-22-20(12-21(19)31)28(40-29(38-22)45-15-18-5-4-8-41(18)3)43-10-9-42(14-17(43)2)25(44)7-6-23(32)33/h11-13,17-18,23H,4-10,14-15H2,1-3H3,(H2,37,39)/t17-,18-/m0/s1. The third-order valence-corrected chi connectivity index (χ3v) is 8.74. The number of fused-ring (bicyclic) bond motifs is 1. The summed E-state index contributed by atoms with van der Waals surface area (Å²) in [4.78, 5) is 31.6. The Morgan fingerprint density at radius 3 is 2.56 bits per heavy atom. The van der Waals surface area contributed by atoms with E-state index in [9.17, 15) is 26.7 Å². The van der Waals surface area contributed by atoms with Crippen molar-refractivity contribution in [1.82, 2.24) is 24.8 Å². The highest BCUT2D eigenvalue weighted by molar-refractivity contribution is 6.34. The number of aryl methyl sites for hydroxylation is 1. The fraction of sp³-hybridized carbons (Fsp3) is 0.533. The lowest BCUT2D eigenvalue weighted by Crippen LogP contribution is -2.54. The number of likely N-dealkylation sites (tertiary alicyclic amines) is 1. The van der Waals surface area contributed by atoms with Gasteiger partial charge in [-0.1, -0.05) is 11.6 Å². The van der Waals surface area contributed by atoms with E-state index in [1.807, 2.05) is 18.9 Å². The second-order valence-electron chi connectivity index (χ2n) is 11.7. The van der Waals surface area contributed by atoms with E-state index in [0.29, 0.717) is 24.4 Å². The normalized spacial score (nSPS) is 19.6. The summed E-state index contributed by atoms with van der Waals surface area (Å²) in [5.41, 5.74) is 4.70. The number of ether oxygens (including phenoxy) is 1. The number of benzene rings is 1. The van der Waals surface area contributed by atoms with E-state index in [2.05, 4.69) is 14.9 Å². The van der Waals surface area contributed by atoms with Gasteiger partial charge in [0.25, 0.3) is 0 Å². The number of alkyl halides is 5. The van der Waals surface area contributed by atoms with Crippen molar-refractivity contribution in [2.45, 2.75) is 64.2 Å². The maximum Gasteiger partial charge on any atom is 0.418 e. The van der Waals surface area contributed by atoms with Crippen LogP contribution in [0.3, 0.4) is 0 Å². The number of pyridine rings is 1. The number of nitrogens with zero attached hydrogens (tertiary/aromatic N) is 6. The van der Waals surface area contributed by atoms with E-state index in [-0.39, 0.29) is 71.0 Å². The molecule has 15 heteroatoms. The van der Waals surface area contributed by atoms with Gasteiger partial charge in [-0.15, -0.1) is 0 Å². The molecule has 0 saturated carbocycles. The second-order valence-corrected chi connectivity index (χ2v) is 12.1. The summed E-state index contributed by atoms with van der Waals surface area (Å²) < 4.78 is 74.1. The highest BCUT2D eigenvalue weighted by Crippen LogP contribution is 2.43. The van der Waals surface area contributed by atoms with Crippen molar-refractivity contribution in [2.75, 3.05) is 50.5 Å². The number of nitrogens with two attached hydrogens (primary N) is 1. The molecule has 5 rings (SSSR count). The SMILES string of the molecule is Cc1cc(N)nc(-c2cc3nc(OC[C@@H]4CCCN4C)nc(N4CCN(C(=O)CCC(F)F)C[C@@H]4C)c3cc2Cl)c1C(F)(F)F. The molecule has 0 spiro atoms. The minimum Gasteiger partial charge on any atom is -0.462 e. The van der Waals surface area contributed by atoms with Crippen LogP contribution < -0.4 is 15.4 Å². The van der Waals surface area contributed by atoms with Crippen LogP contribution in [0.1, 0.15) is 43.7 Å². The van der Waals surface area contributed by atoms with Gasteiger partial charge in [-0.05, 0) is 64.0 Å². The van der Waals surface area contributed by atoms with Gasteiger partial charge in [-0.25, -0.2) is 13.8 Å². The lowest BCUT2D eigenvalue weighted by molar-refractivity contribution is -0.137. The van der Waals surface area contributed by atoms with Crippen LogP contribution in [0.15, 0.2) is 18.2 Å². The van der Waals surface area contributed by atoms with E-state index in [4.69, 9.17) is 27.1 Å². The van der Waals surface area contributed by atoms with Crippen molar-refractivity contribution in [3.8, 4) is 17.3 Å². The summed E-state index contributed by atoms with van der Waals surface area (Å²) in [5.74, 6) is -0.00478. The molecule has 0 bridgehead atoms. The van der Waals surface area contributed by atoms with Crippen LogP contribution in [0.4, 0.5) is 33.6 Å². The highest BCUT2D eigenvalue weighted by atomic mass is 35.5. The van der Waals surface area contributed by atoms with Crippen molar-refractivity contribution < 1.29 is 31.5 Å². The zero-order valence-electron chi connectivity index (χ0n) is 25.2. The topological polar surface area (TPSA) is 101 Å². The fourth-order valence-corrected chi connectivity index (χ4v) is 6.33. The van der Waals surface area contributed by atoms with Gasteiger partial charge in [-0.2, -0.15) is 23.1 Å². The van der Waals surface area contributed by atoms with Gasteiger partial charge in [-0.3, -0.25) is 4.79 Å². The van der Waals surface area contributed by atoms with Gasteiger partial charge in [0.15, 0.2) is 0 Å². The monoisotopic (exact) mass is 655 g/mol. The molecule has 9 nitrogen and oxygen atoms in total. The van der Waals surface area contributed by atoms with Crippen molar-refractivity contribution in [3.63, 3.8) is 0 Å². The number of anilines is 2. The van der Waals surface area contributed by atoms with E-state index in [1.54, 1.807) is 4.90 Å². The summed E-state index contributed by atoms with van der Waals surface area (Å²) in [6.45, 7) is 5.30. The number of hydrogen-bond acceptors (Lipinski definition) is 8. The number of rotatable bonds is 8. The summed E-state index contributed by atoms with van der Waals surface area (Å²) in [6, 6.07) is 4.01. The smallest absolute Gasteiger partial charge is 0.418 e. The van der Waals surface area contributed by atoms with E-state index in [1.165, 1.54) is 19.1 Å². The number of halogens is 6. The molecule has 2 saturated heterocycles. The molecule has 4 heterocycles. The average molecular weight is 656 g/mol. The Kier molecular flexibility index (Phi) is 9.54. The molecule has 2 aliphatic rings. The lowest BCUT2D eigenvalue weighted by Gasteiger charge is -2.41. The van der Waals surface area contributed by atoms with E-state index >= 15 is 0 Å². The lowest BCUT2D eigenvalue weighted by atomic mass is 9.99. The third kappa shape index (κ3) is 7.16. The summed E-state index contributed by atoms with van der Waals surface area (Å²) >= 11 is 6.67. The van der Waals surface area contributed by atoms with Crippen LogP contribution >= 0.6 is 11.6 Å². The highest BCUT2D eigenvalue weighted by Gasteiger charge is 2.38. The Labute approximate surface area is 262 Å². The van der Waals surface area contributed by atoms with Crippen LogP contribution in [0.25, 0.3) is 22.2 Å². The van der Waals surface area contributed by atoms with Gasteiger partial charge >= 0.3 is 12.2 Å². The predicted molar refractivity (Wildman–Crippen MR) is 162 cm³/mol. The Morgan fingerprint density at radius 2 is 1.91 bits per heavy atom. The zero-order valence-corrected chi connectivity index (χ0v) is 25.9. The predicted octanol–water partition coefficient (Wildman–Crippen LogP) is 5.81. The number of likely N-dealkylation sites (N-methyl/N-ethyl adjacent to an activating group) is 1. The number of hydrogen-bond donors (Lipinski definition) is 1. The molecule has 2 atom stereocenters. The minimum atomic E-state index is -4.72. The number of aromatic nitrogens is 3. The second kappa shape index (κ2) is 13.1. The van der Waals surface area contributed by atoms with E-state index < -0.39 is 30.3 Å². The maximum absolute atomic E-state index is 14.2. The first kappa shape index (κ1) is 32.9. The number of nitrogen functional groups attached to an aromatic ring is 1. The number of carbonyl (C=O) groups excluding carboxylic acids is 1. The first-order chi connectivity index (χ1) is 21.2. The molecule has 2 N–H and O–H groups in total. The first-order valence-electron chi connectivity index (χ1n) is 14.7. The summed E-state index contributed by atoms with van der Waals surface area (Å²) in [5, 5.41) is 0.456. The van der Waals surface area contributed by atoms with Crippen LogP contribution in [0.2, 0.25) is 5.02 Å². The molecule has 2 aliphatic heterocycles. The number of amides is 1.